The summed E-state index contributed by atoms with van der Waals surface area (Å²) in [5.41, 5.74) is 0. The predicted molar refractivity (Wildman–Crippen MR) is 65.1 cm³/mol. The molecule has 0 saturated carbocycles. The molecule has 15 heavy (non-hydrogen) atoms. The largest absolute Gasteiger partial charge is 0.368 e. The Morgan fingerprint density at radius 2 is 2.13 bits per heavy atom. The van der Waals surface area contributed by atoms with Crippen LogP contribution in [-0.4, -0.2) is 15.8 Å². The molecule has 0 radical (unpaired) electrons. The topological polar surface area (TPSA) is 29.9 Å². The fourth-order valence-electron chi connectivity index (χ4n) is 1.78. The van der Waals surface area contributed by atoms with Crippen LogP contribution in [0.1, 0.15) is 46.5 Å². The molecule has 1 N–H and O–H groups in total. The molecule has 3 heteroatoms. The van der Waals surface area contributed by atoms with E-state index in [1.807, 2.05) is 6.20 Å². The zero-order chi connectivity index (χ0) is 11.1. The highest BCUT2D eigenvalue weighted by atomic mass is 15.3. The van der Waals surface area contributed by atoms with Crippen LogP contribution in [0.15, 0.2) is 12.3 Å². The van der Waals surface area contributed by atoms with Crippen LogP contribution in [0.3, 0.4) is 0 Å². The molecule has 0 aromatic carbocycles. The quantitative estimate of drug-likeness (QED) is 0.747. The number of hydrogen-bond acceptors (Lipinski definition) is 2. The standard InChI is InChI=1S/C12H23N3/c1-4-7-11(6-3)14-12-8-9-13-15(12)10-5-2/h8-9,11,14H,4-7,10H2,1-3H3. The van der Waals surface area contributed by atoms with Crippen molar-refractivity contribution in [2.24, 2.45) is 0 Å². The molecule has 1 aromatic rings. The zero-order valence-corrected chi connectivity index (χ0v) is 10.2. The van der Waals surface area contributed by atoms with E-state index < -0.39 is 0 Å². The molecule has 1 heterocycles. The second kappa shape index (κ2) is 6.49. The Hall–Kier alpha value is -0.990. The lowest BCUT2D eigenvalue weighted by molar-refractivity contribution is 0.579. The summed E-state index contributed by atoms with van der Waals surface area (Å²) in [5, 5.41) is 7.87. The number of aryl methyl sites for hydroxylation is 1. The highest BCUT2D eigenvalue weighted by molar-refractivity contribution is 5.35. The van der Waals surface area contributed by atoms with Gasteiger partial charge >= 0.3 is 0 Å². The molecule has 3 nitrogen and oxygen atoms in total. The summed E-state index contributed by atoms with van der Waals surface area (Å²) in [5.74, 6) is 1.16. The van der Waals surface area contributed by atoms with Crippen molar-refractivity contribution in [1.82, 2.24) is 9.78 Å². The van der Waals surface area contributed by atoms with Gasteiger partial charge in [-0.1, -0.05) is 27.2 Å². The number of nitrogens with zero attached hydrogens (tertiary/aromatic N) is 2. The Balaban J connectivity index is 2.57. The minimum Gasteiger partial charge on any atom is -0.368 e. The van der Waals surface area contributed by atoms with E-state index >= 15 is 0 Å². The lowest BCUT2D eigenvalue weighted by Gasteiger charge is -2.18. The van der Waals surface area contributed by atoms with Crippen LogP contribution >= 0.6 is 0 Å². The number of nitrogens with one attached hydrogen (secondary N) is 1. The van der Waals surface area contributed by atoms with Gasteiger partial charge in [-0.15, -0.1) is 0 Å². The maximum atomic E-state index is 4.31. The first-order valence-corrected chi connectivity index (χ1v) is 6.10. The van der Waals surface area contributed by atoms with Crippen molar-refractivity contribution in [2.75, 3.05) is 5.32 Å². The monoisotopic (exact) mass is 209 g/mol. The molecule has 0 fully saturated rings. The molecular weight excluding hydrogens is 186 g/mol. The first-order valence-electron chi connectivity index (χ1n) is 6.10. The summed E-state index contributed by atoms with van der Waals surface area (Å²) < 4.78 is 2.05. The van der Waals surface area contributed by atoms with Gasteiger partial charge in [0.25, 0.3) is 0 Å². The first-order chi connectivity index (χ1) is 7.31. The van der Waals surface area contributed by atoms with E-state index in [9.17, 15) is 0 Å². The van der Waals surface area contributed by atoms with Crippen LogP contribution < -0.4 is 5.32 Å². The van der Waals surface area contributed by atoms with Crippen LogP contribution in [0.5, 0.6) is 0 Å². The normalized spacial score (nSPS) is 12.7. The van der Waals surface area contributed by atoms with Crippen molar-refractivity contribution < 1.29 is 0 Å². The Kier molecular flexibility index (Phi) is 5.22. The van der Waals surface area contributed by atoms with Gasteiger partial charge in [0.2, 0.25) is 0 Å². The number of aromatic nitrogens is 2. The molecule has 1 aromatic heterocycles. The molecule has 0 amide bonds. The molecule has 0 bridgehead atoms. The summed E-state index contributed by atoms with van der Waals surface area (Å²) >= 11 is 0. The van der Waals surface area contributed by atoms with Crippen molar-refractivity contribution in [1.29, 1.82) is 0 Å². The summed E-state index contributed by atoms with van der Waals surface area (Å²) in [6.45, 7) is 7.63. The van der Waals surface area contributed by atoms with Gasteiger partial charge in [-0.2, -0.15) is 5.10 Å². The van der Waals surface area contributed by atoms with Crippen molar-refractivity contribution >= 4 is 5.82 Å². The lowest BCUT2D eigenvalue weighted by Crippen LogP contribution is -2.20. The van der Waals surface area contributed by atoms with Gasteiger partial charge in [0.1, 0.15) is 5.82 Å². The number of hydrogen-bond donors (Lipinski definition) is 1. The van der Waals surface area contributed by atoms with Crippen molar-refractivity contribution in [3.8, 4) is 0 Å². The van der Waals surface area contributed by atoms with Crippen molar-refractivity contribution in [3.63, 3.8) is 0 Å². The smallest absolute Gasteiger partial charge is 0.124 e. The van der Waals surface area contributed by atoms with Gasteiger partial charge in [0, 0.05) is 18.7 Å². The highest BCUT2D eigenvalue weighted by Crippen LogP contribution is 2.12. The zero-order valence-electron chi connectivity index (χ0n) is 10.2. The van der Waals surface area contributed by atoms with Crippen LogP contribution in [-0.2, 0) is 6.54 Å². The molecule has 0 spiro atoms. The van der Waals surface area contributed by atoms with Crippen molar-refractivity contribution in [2.45, 2.75) is 59.0 Å². The average molecular weight is 209 g/mol. The fraction of sp³-hybridized carbons (Fsp3) is 0.750. The molecule has 0 aliphatic carbocycles. The molecule has 0 aliphatic rings. The molecule has 86 valence electrons. The molecule has 1 atom stereocenters. The van der Waals surface area contributed by atoms with E-state index in [0.29, 0.717) is 6.04 Å². The van der Waals surface area contributed by atoms with E-state index in [0.717, 1.165) is 18.8 Å². The number of anilines is 1. The van der Waals surface area contributed by atoms with Crippen LogP contribution in [0, 0.1) is 0 Å². The Morgan fingerprint density at radius 1 is 1.33 bits per heavy atom. The Bertz CT molecular complexity index is 268. The minimum atomic E-state index is 0.585. The second-order valence-corrected chi connectivity index (χ2v) is 3.98. The van der Waals surface area contributed by atoms with E-state index in [1.54, 1.807) is 0 Å². The summed E-state index contributed by atoms with van der Waals surface area (Å²) in [4.78, 5) is 0. The highest BCUT2D eigenvalue weighted by Gasteiger charge is 2.07. The van der Waals surface area contributed by atoms with E-state index in [-0.39, 0.29) is 0 Å². The average Bonchev–Trinajstić information content (AvgIpc) is 2.66. The Labute approximate surface area is 92.9 Å². The third kappa shape index (κ3) is 3.57. The van der Waals surface area contributed by atoms with Crippen LogP contribution in [0.2, 0.25) is 0 Å². The van der Waals surface area contributed by atoms with E-state index in [2.05, 4.69) is 41.9 Å². The lowest BCUT2D eigenvalue weighted by atomic mass is 10.1. The fourth-order valence-corrected chi connectivity index (χ4v) is 1.78. The van der Waals surface area contributed by atoms with E-state index in [1.165, 1.54) is 19.3 Å². The summed E-state index contributed by atoms with van der Waals surface area (Å²) in [7, 11) is 0. The maximum absolute atomic E-state index is 4.31. The molecular formula is C12H23N3. The van der Waals surface area contributed by atoms with Gasteiger partial charge in [0.05, 0.1) is 6.20 Å². The maximum Gasteiger partial charge on any atom is 0.124 e. The molecule has 0 saturated heterocycles. The number of rotatable bonds is 7. The SMILES string of the molecule is CCCC(CC)Nc1ccnn1CCC. The first kappa shape index (κ1) is 12.1. The van der Waals surface area contributed by atoms with Crippen molar-refractivity contribution in [3.05, 3.63) is 12.3 Å². The molecule has 0 aliphatic heterocycles. The van der Waals surface area contributed by atoms with Gasteiger partial charge in [-0.3, -0.25) is 0 Å². The van der Waals surface area contributed by atoms with E-state index in [4.69, 9.17) is 0 Å². The summed E-state index contributed by atoms with van der Waals surface area (Å²) in [6.07, 6.45) is 6.63. The van der Waals surface area contributed by atoms with Gasteiger partial charge in [-0.05, 0) is 19.3 Å². The third-order valence-corrected chi connectivity index (χ3v) is 2.63. The van der Waals surface area contributed by atoms with Crippen LogP contribution in [0.4, 0.5) is 5.82 Å². The van der Waals surface area contributed by atoms with Crippen LogP contribution in [0.25, 0.3) is 0 Å². The third-order valence-electron chi connectivity index (χ3n) is 2.63. The van der Waals surface area contributed by atoms with Gasteiger partial charge < -0.3 is 5.32 Å². The van der Waals surface area contributed by atoms with Gasteiger partial charge in [0.15, 0.2) is 0 Å². The predicted octanol–water partition coefficient (Wildman–Crippen LogP) is 3.28. The Morgan fingerprint density at radius 3 is 2.73 bits per heavy atom. The minimum absolute atomic E-state index is 0.585. The molecule has 1 unspecified atom stereocenters. The molecule has 1 rings (SSSR count). The van der Waals surface area contributed by atoms with Gasteiger partial charge in [-0.25, -0.2) is 4.68 Å². The summed E-state index contributed by atoms with van der Waals surface area (Å²) in [6, 6.07) is 2.65. The second-order valence-electron chi connectivity index (χ2n) is 3.98.